The van der Waals surface area contributed by atoms with E-state index < -0.39 is 5.60 Å². The molecular formula is C22H30N2O. The van der Waals surface area contributed by atoms with E-state index in [9.17, 15) is 5.11 Å². The van der Waals surface area contributed by atoms with Crippen LogP contribution >= 0.6 is 0 Å². The molecule has 1 saturated heterocycles. The molecule has 0 radical (unpaired) electrons. The standard InChI is InChI=1S/C22H30N2O/c1-18-10-8-11-19(2)24(18)17-9-15-22(25,20-12-4-3-5-13-20)21-14-6-7-16-23-21/h3-7,12-14,16,18-19,25H,8-11,15,17H2,1-2H3/t18-,19+,22-/m0/s1. The number of likely N-dealkylation sites (tertiary alicyclic amines) is 1. The van der Waals surface area contributed by atoms with E-state index in [1.165, 1.54) is 19.3 Å². The maximum atomic E-state index is 11.5. The zero-order chi connectivity index (χ0) is 17.7. The Labute approximate surface area is 151 Å². The highest BCUT2D eigenvalue weighted by Gasteiger charge is 2.33. The average Bonchev–Trinajstić information content (AvgIpc) is 2.65. The lowest BCUT2D eigenvalue weighted by atomic mass is 9.85. The van der Waals surface area contributed by atoms with Gasteiger partial charge in [0.15, 0.2) is 0 Å². The number of aliphatic hydroxyl groups is 1. The number of rotatable bonds is 6. The van der Waals surface area contributed by atoms with E-state index in [1.807, 2.05) is 48.5 Å². The van der Waals surface area contributed by atoms with Gasteiger partial charge in [0.05, 0.1) is 5.69 Å². The summed E-state index contributed by atoms with van der Waals surface area (Å²) in [5, 5.41) is 11.5. The highest BCUT2D eigenvalue weighted by Crippen LogP contribution is 2.33. The van der Waals surface area contributed by atoms with Crippen molar-refractivity contribution < 1.29 is 5.11 Å². The largest absolute Gasteiger partial charge is 0.379 e. The summed E-state index contributed by atoms with van der Waals surface area (Å²) in [5.41, 5.74) is 0.638. The van der Waals surface area contributed by atoms with E-state index in [0.29, 0.717) is 18.5 Å². The average molecular weight is 338 g/mol. The zero-order valence-electron chi connectivity index (χ0n) is 15.4. The van der Waals surface area contributed by atoms with Gasteiger partial charge < -0.3 is 5.11 Å². The molecule has 1 aromatic carbocycles. The van der Waals surface area contributed by atoms with Crippen LogP contribution in [0.5, 0.6) is 0 Å². The monoisotopic (exact) mass is 338 g/mol. The summed E-state index contributed by atoms with van der Waals surface area (Å²) in [6.45, 7) is 5.69. The van der Waals surface area contributed by atoms with Crippen molar-refractivity contribution in [1.29, 1.82) is 0 Å². The summed E-state index contributed by atoms with van der Waals surface area (Å²) < 4.78 is 0. The Morgan fingerprint density at radius 3 is 2.36 bits per heavy atom. The molecule has 1 N–H and O–H groups in total. The predicted octanol–water partition coefficient (Wildman–Crippen LogP) is 4.36. The van der Waals surface area contributed by atoms with Crippen LogP contribution in [0.15, 0.2) is 54.7 Å². The molecule has 1 fully saturated rings. The summed E-state index contributed by atoms with van der Waals surface area (Å²) in [5.74, 6) is 0. The van der Waals surface area contributed by atoms with Crippen LogP contribution < -0.4 is 0 Å². The van der Waals surface area contributed by atoms with Gasteiger partial charge in [-0.05, 0) is 63.8 Å². The molecular weight excluding hydrogens is 308 g/mol. The fraction of sp³-hybridized carbons (Fsp3) is 0.500. The molecule has 3 rings (SSSR count). The SMILES string of the molecule is C[C@@H]1CCC[C@H](C)N1CCC[C@](O)(c1ccccc1)c1ccccn1. The molecule has 0 bridgehead atoms. The van der Waals surface area contributed by atoms with E-state index in [-0.39, 0.29) is 0 Å². The summed E-state index contributed by atoms with van der Waals surface area (Å²) in [6.07, 6.45) is 7.31. The van der Waals surface area contributed by atoms with Crippen molar-refractivity contribution in [3.8, 4) is 0 Å². The Morgan fingerprint density at radius 1 is 1.04 bits per heavy atom. The minimum absolute atomic E-state index is 0.642. The van der Waals surface area contributed by atoms with Gasteiger partial charge >= 0.3 is 0 Å². The molecule has 0 unspecified atom stereocenters. The maximum Gasteiger partial charge on any atom is 0.131 e. The highest BCUT2D eigenvalue weighted by atomic mass is 16.3. The normalized spacial score (nSPS) is 24.0. The molecule has 0 spiro atoms. The molecule has 1 aliphatic rings. The maximum absolute atomic E-state index is 11.5. The molecule has 3 heteroatoms. The van der Waals surface area contributed by atoms with Crippen LogP contribution in [0.1, 0.15) is 57.2 Å². The molecule has 3 atom stereocenters. The quantitative estimate of drug-likeness (QED) is 0.850. The smallest absolute Gasteiger partial charge is 0.131 e. The first-order valence-electron chi connectivity index (χ1n) is 9.56. The molecule has 134 valence electrons. The third kappa shape index (κ3) is 4.10. The molecule has 2 aromatic rings. The van der Waals surface area contributed by atoms with Crippen molar-refractivity contribution in [3.05, 3.63) is 66.0 Å². The fourth-order valence-corrected chi connectivity index (χ4v) is 4.17. The van der Waals surface area contributed by atoms with Gasteiger partial charge in [-0.15, -0.1) is 0 Å². The topological polar surface area (TPSA) is 36.4 Å². The number of nitrogens with zero attached hydrogens (tertiary/aromatic N) is 2. The van der Waals surface area contributed by atoms with E-state index >= 15 is 0 Å². The first kappa shape index (κ1) is 18.1. The summed E-state index contributed by atoms with van der Waals surface area (Å²) in [7, 11) is 0. The number of benzene rings is 1. The van der Waals surface area contributed by atoms with E-state index in [0.717, 1.165) is 24.2 Å². The highest BCUT2D eigenvalue weighted by molar-refractivity contribution is 5.31. The van der Waals surface area contributed by atoms with Crippen molar-refractivity contribution in [2.45, 2.75) is 63.6 Å². The molecule has 1 aromatic heterocycles. The van der Waals surface area contributed by atoms with Crippen molar-refractivity contribution in [2.75, 3.05) is 6.54 Å². The molecule has 0 saturated carbocycles. The number of pyridine rings is 1. The Kier molecular flexibility index (Phi) is 5.87. The lowest BCUT2D eigenvalue weighted by Gasteiger charge is -2.39. The Morgan fingerprint density at radius 2 is 1.72 bits per heavy atom. The second kappa shape index (κ2) is 8.11. The second-order valence-corrected chi connectivity index (χ2v) is 7.41. The molecule has 1 aliphatic heterocycles. The molecule has 2 heterocycles. The number of hydrogen-bond donors (Lipinski definition) is 1. The number of aromatic nitrogens is 1. The Balaban J connectivity index is 1.75. The van der Waals surface area contributed by atoms with Crippen LogP contribution in [-0.2, 0) is 5.60 Å². The summed E-state index contributed by atoms with van der Waals surface area (Å²) >= 11 is 0. The van der Waals surface area contributed by atoms with Crippen LogP contribution in [-0.4, -0.2) is 33.6 Å². The van der Waals surface area contributed by atoms with Crippen molar-refractivity contribution in [2.24, 2.45) is 0 Å². The third-order valence-corrected chi connectivity index (χ3v) is 5.67. The van der Waals surface area contributed by atoms with E-state index in [4.69, 9.17) is 0 Å². The number of hydrogen-bond acceptors (Lipinski definition) is 3. The first-order valence-corrected chi connectivity index (χ1v) is 9.56. The van der Waals surface area contributed by atoms with E-state index in [1.54, 1.807) is 6.20 Å². The lowest BCUT2D eigenvalue weighted by Crippen LogP contribution is -2.44. The van der Waals surface area contributed by atoms with Gasteiger partial charge in [0.2, 0.25) is 0 Å². The van der Waals surface area contributed by atoms with Crippen molar-refractivity contribution >= 4 is 0 Å². The molecule has 3 nitrogen and oxygen atoms in total. The minimum Gasteiger partial charge on any atom is -0.379 e. The summed E-state index contributed by atoms with van der Waals surface area (Å²) in [4.78, 5) is 7.06. The number of piperidine rings is 1. The van der Waals surface area contributed by atoms with Crippen LogP contribution in [0, 0.1) is 0 Å². The van der Waals surface area contributed by atoms with Gasteiger partial charge in [0, 0.05) is 18.3 Å². The Hall–Kier alpha value is -1.71. The first-order chi connectivity index (χ1) is 12.1. The molecule has 25 heavy (non-hydrogen) atoms. The van der Waals surface area contributed by atoms with Gasteiger partial charge in [-0.1, -0.05) is 42.8 Å². The lowest BCUT2D eigenvalue weighted by molar-refractivity contribution is 0.0489. The van der Waals surface area contributed by atoms with Gasteiger partial charge in [0.25, 0.3) is 0 Å². The summed E-state index contributed by atoms with van der Waals surface area (Å²) in [6, 6.07) is 17.0. The second-order valence-electron chi connectivity index (χ2n) is 7.41. The van der Waals surface area contributed by atoms with E-state index in [2.05, 4.69) is 23.7 Å². The zero-order valence-corrected chi connectivity index (χ0v) is 15.4. The van der Waals surface area contributed by atoms with Crippen LogP contribution in [0.4, 0.5) is 0 Å². The van der Waals surface area contributed by atoms with Crippen LogP contribution in [0.2, 0.25) is 0 Å². The molecule has 0 aliphatic carbocycles. The third-order valence-electron chi connectivity index (χ3n) is 5.67. The van der Waals surface area contributed by atoms with Crippen LogP contribution in [0.25, 0.3) is 0 Å². The molecule has 0 amide bonds. The predicted molar refractivity (Wildman–Crippen MR) is 102 cm³/mol. The Bertz CT molecular complexity index is 594. The fourth-order valence-electron chi connectivity index (χ4n) is 4.17. The van der Waals surface area contributed by atoms with Gasteiger partial charge in [0.1, 0.15) is 5.60 Å². The minimum atomic E-state index is -1.02. The van der Waals surface area contributed by atoms with Crippen molar-refractivity contribution in [3.63, 3.8) is 0 Å². The van der Waals surface area contributed by atoms with Crippen molar-refractivity contribution in [1.82, 2.24) is 9.88 Å². The van der Waals surface area contributed by atoms with Crippen LogP contribution in [0.3, 0.4) is 0 Å². The van der Waals surface area contributed by atoms with Gasteiger partial charge in [-0.3, -0.25) is 9.88 Å². The van der Waals surface area contributed by atoms with Gasteiger partial charge in [-0.25, -0.2) is 0 Å². The van der Waals surface area contributed by atoms with Gasteiger partial charge in [-0.2, -0.15) is 0 Å².